The van der Waals surface area contributed by atoms with E-state index in [1.165, 1.54) is 0 Å². The largest absolute Gasteiger partial charge is 0.333 e. The van der Waals surface area contributed by atoms with E-state index in [1.807, 2.05) is 71.6 Å². The van der Waals surface area contributed by atoms with Crippen LogP contribution in [0.3, 0.4) is 0 Å². The maximum Gasteiger partial charge on any atom is 0.259 e. The second-order valence-corrected chi connectivity index (χ2v) is 10.6. The number of amides is 2. The molecule has 0 radical (unpaired) electrons. The van der Waals surface area contributed by atoms with Gasteiger partial charge < -0.3 is 9.80 Å². The lowest BCUT2D eigenvalue weighted by molar-refractivity contribution is 0.0510. The normalized spacial score (nSPS) is 19.9. The molecule has 2 amide bonds. The Labute approximate surface area is 209 Å². The van der Waals surface area contributed by atoms with E-state index < -0.39 is 0 Å². The lowest BCUT2D eigenvalue weighted by Crippen LogP contribution is -2.47. The highest BCUT2D eigenvalue weighted by Gasteiger charge is 2.32. The smallest absolute Gasteiger partial charge is 0.259 e. The summed E-state index contributed by atoms with van der Waals surface area (Å²) in [5.41, 5.74) is 2.88. The fraction of sp³-hybridized carbons (Fsp3) is 0.286. The molecule has 2 atom stereocenters. The van der Waals surface area contributed by atoms with E-state index in [-0.39, 0.29) is 23.9 Å². The first-order valence-corrected chi connectivity index (χ1v) is 12.9. The number of hydrogen-bond acceptors (Lipinski definition) is 3. The average molecular weight is 491 g/mol. The van der Waals surface area contributed by atoms with Crippen molar-refractivity contribution in [3.05, 3.63) is 88.4 Å². The first-order chi connectivity index (χ1) is 16.4. The second kappa shape index (κ2) is 9.47. The van der Waals surface area contributed by atoms with Crippen LogP contribution >= 0.6 is 23.4 Å². The highest BCUT2D eigenvalue weighted by Crippen LogP contribution is 2.43. The molecule has 1 saturated heterocycles. The zero-order chi connectivity index (χ0) is 23.8. The molecule has 1 fully saturated rings. The summed E-state index contributed by atoms with van der Waals surface area (Å²) in [7, 11) is 0. The van der Waals surface area contributed by atoms with Crippen molar-refractivity contribution in [2.45, 2.75) is 61.5 Å². The number of hydrogen-bond donors (Lipinski definition) is 0. The molecule has 2 heterocycles. The van der Waals surface area contributed by atoms with Crippen LogP contribution in [0.1, 0.15) is 59.4 Å². The second-order valence-electron chi connectivity index (χ2n) is 9.10. The molecule has 0 unspecified atom stereocenters. The zero-order valence-corrected chi connectivity index (χ0v) is 20.9. The Morgan fingerprint density at radius 2 is 1.68 bits per heavy atom. The third-order valence-electron chi connectivity index (χ3n) is 6.79. The topological polar surface area (TPSA) is 40.6 Å². The molecular formula is C28H27ClN2O2S. The van der Waals surface area contributed by atoms with Crippen molar-refractivity contribution in [1.29, 1.82) is 0 Å². The number of rotatable bonds is 3. The summed E-state index contributed by atoms with van der Waals surface area (Å²) in [5, 5.41) is 0.616. The quantitative estimate of drug-likeness (QED) is 0.394. The molecular weight excluding hydrogens is 464 g/mol. The molecule has 0 N–H and O–H groups in total. The number of anilines is 1. The minimum absolute atomic E-state index is 0.0272. The summed E-state index contributed by atoms with van der Waals surface area (Å²) in [6.45, 7) is 4.57. The molecule has 5 rings (SSSR count). The number of carbonyl (C=O) groups excluding carboxylic acids is 2. The predicted octanol–water partition coefficient (Wildman–Crippen LogP) is 7.05. The number of carbonyl (C=O) groups is 2. The molecule has 34 heavy (non-hydrogen) atoms. The zero-order valence-electron chi connectivity index (χ0n) is 19.3. The van der Waals surface area contributed by atoms with Gasteiger partial charge in [-0.2, -0.15) is 0 Å². The summed E-state index contributed by atoms with van der Waals surface area (Å²) in [4.78, 5) is 33.0. The third kappa shape index (κ3) is 4.23. The maximum atomic E-state index is 13.8. The Bertz CT molecular complexity index is 1250. The molecule has 4 nitrogen and oxygen atoms in total. The van der Waals surface area contributed by atoms with E-state index in [9.17, 15) is 9.59 Å². The van der Waals surface area contributed by atoms with E-state index in [0.29, 0.717) is 22.7 Å². The van der Waals surface area contributed by atoms with Crippen LogP contribution in [0.4, 0.5) is 5.69 Å². The van der Waals surface area contributed by atoms with Crippen molar-refractivity contribution >= 4 is 40.9 Å². The number of nitrogens with zero attached hydrogens (tertiary/aromatic N) is 2. The van der Waals surface area contributed by atoms with Gasteiger partial charge >= 0.3 is 0 Å². The molecule has 0 saturated carbocycles. The maximum absolute atomic E-state index is 13.8. The van der Waals surface area contributed by atoms with E-state index in [1.54, 1.807) is 16.7 Å². The van der Waals surface area contributed by atoms with Crippen molar-refractivity contribution in [2.24, 2.45) is 0 Å². The molecule has 0 bridgehead atoms. The Kier molecular flexibility index (Phi) is 6.41. The van der Waals surface area contributed by atoms with Gasteiger partial charge in [0.15, 0.2) is 0 Å². The highest BCUT2D eigenvalue weighted by atomic mass is 35.5. The monoisotopic (exact) mass is 490 g/mol. The summed E-state index contributed by atoms with van der Waals surface area (Å²) >= 11 is 8.03. The van der Waals surface area contributed by atoms with Crippen molar-refractivity contribution in [1.82, 2.24) is 4.90 Å². The third-order valence-corrected chi connectivity index (χ3v) is 8.30. The van der Waals surface area contributed by atoms with Crippen molar-refractivity contribution in [2.75, 3.05) is 4.90 Å². The fourth-order valence-electron chi connectivity index (χ4n) is 4.98. The Balaban J connectivity index is 1.60. The number of piperidine rings is 1. The summed E-state index contributed by atoms with van der Waals surface area (Å²) < 4.78 is 0. The van der Waals surface area contributed by atoms with Crippen molar-refractivity contribution < 1.29 is 9.59 Å². The van der Waals surface area contributed by atoms with Gasteiger partial charge in [-0.05, 0) is 75.1 Å². The van der Waals surface area contributed by atoms with Crippen molar-refractivity contribution in [3.8, 4) is 0 Å². The van der Waals surface area contributed by atoms with Crippen LogP contribution < -0.4 is 4.90 Å². The fourth-order valence-corrected chi connectivity index (χ4v) is 6.23. The van der Waals surface area contributed by atoms with Crippen LogP contribution in [0.25, 0.3) is 0 Å². The standard InChI is InChI=1S/C28H27ClN2O2S/c1-18-8-7-9-19(2)31(18)27(32)20-14-15-26-24(16-20)30(17-21-10-3-5-12-23(21)29)28(33)22-11-4-6-13-25(22)34-26/h3-6,10-16,18-19H,7-9,17H2,1-2H3/t18-,19-/m0/s1. The molecule has 3 aromatic carbocycles. The van der Waals surface area contributed by atoms with Crippen LogP contribution in [0.2, 0.25) is 5.02 Å². The summed E-state index contributed by atoms with van der Waals surface area (Å²) in [5.74, 6) is -0.0644. The molecule has 0 aromatic heterocycles. The molecule has 0 spiro atoms. The van der Waals surface area contributed by atoms with Crippen LogP contribution in [0, 0.1) is 0 Å². The molecule has 174 valence electrons. The first kappa shape index (κ1) is 23.0. The molecule has 2 aliphatic heterocycles. The lowest BCUT2D eigenvalue weighted by atomic mass is 9.96. The van der Waals surface area contributed by atoms with Gasteiger partial charge in [0, 0.05) is 32.5 Å². The highest BCUT2D eigenvalue weighted by molar-refractivity contribution is 7.99. The predicted molar refractivity (Wildman–Crippen MR) is 138 cm³/mol. The number of likely N-dealkylation sites (tertiary alicyclic amines) is 1. The van der Waals surface area contributed by atoms with Crippen molar-refractivity contribution in [3.63, 3.8) is 0 Å². The molecule has 3 aromatic rings. The van der Waals surface area contributed by atoms with E-state index >= 15 is 0 Å². The van der Waals surface area contributed by atoms with Gasteiger partial charge in [-0.25, -0.2) is 0 Å². The van der Waals surface area contributed by atoms with Gasteiger partial charge in [0.2, 0.25) is 0 Å². The Hall–Kier alpha value is -2.76. The van der Waals surface area contributed by atoms with E-state index in [2.05, 4.69) is 13.8 Å². The lowest BCUT2D eigenvalue weighted by Gasteiger charge is -2.39. The average Bonchev–Trinajstić information content (AvgIpc) is 2.94. The van der Waals surface area contributed by atoms with Crippen LogP contribution in [0.15, 0.2) is 76.5 Å². The summed E-state index contributed by atoms with van der Waals surface area (Å²) in [6.07, 6.45) is 3.18. The van der Waals surface area contributed by atoms with Gasteiger partial charge in [-0.15, -0.1) is 0 Å². The van der Waals surface area contributed by atoms with Gasteiger partial charge in [-0.1, -0.05) is 53.7 Å². The number of benzene rings is 3. The molecule has 0 aliphatic carbocycles. The Morgan fingerprint density at radius 3 is 2.44 bits per heavy atom. The first-order valence-electron chi connectivity index (χ1n) is 11.7. The summed E-state index contributed by atoms with van der Waals surface area (Å²) in [6, 6.07) is 21.4. The molecule has 2 aliphatic rings. The minimum atomic E-state index is -0.0916. The van der Waals surface area contributed by atoms with E-state index in [0.717, 1.165) is 40.3 Å². The van der Waals surface area contributed by atoms with Gasteiger partial charge in [0.05, 0.1) is 17.8 Å². The Morgan fingerprint density at radius 1 is 0.971 bits per heavy atom. The van der Waals surface area contributed by atoms with Gasteiger partial charge in [0.25, 0.3) is 11.8 Å². The van der Waals surface area contributed by atoms with Crippen LogP contribution in [-0.2, 0) is 6.54 Å². The molecule has 6 heteroatoms. The van der Waals surface area contributed by atoms with Gasteiger partial charge in [0.1, 0.15) is 0 Å². The number of fused-ring (bicyclic) bond motifs is 2. The number of halogens is 1. The van der Waals surface area contributed by atoms with E-state index in [4.69, 9.17) is 11.6 Å². The van der Waals surface area contributed by atoms with Crippen LogP contribution in [-0.4, -0.2) is 28.8 Å². The van der Waals surface area contributed by atoms with Crippen LogP contribution in [0.5, 0.6) is 0 Å². The minimum Gasteiger partial charge on any atom is -0.333 e. The SMILES string of the molecule is C[C@H]1CCC[C@H](C)N1C(=O)c1ccc2c(c1)N(Cc1ccccc1Cl)C(=O)c1ccccc1S2. The van der Waals surface area contributed by atoms with Gasteiger partial charge in [-0.3, -0.25) is 9.59 Å².